The van der Waals surface area contributed by atoms with Crippen LogP contribution >= 0.6 is 0 Å². The number of hydrogen-bond donors (Lipinski definition) is 1. The van der Waals surface area contributed by atoms with Crippen molar-refractivity contribution in [2.45, 2.75) is 19.8 Å². The van der Waals surface area contributed by atoms with Crippen molar-refractivity contribution in [3.63, 3.8) is 0 Å². The molecule has 0 aliphatic heterocycles. The van der Waals surface area contributed by atoms with Crippen molar-refractivity contribution >= 4 is 0 Å². The third-order valence-electron chi connectivity index (χ3n) is 2.40. The molecule has 0 bridgehead atoms. The Morgan fingerprint density at radius 3 is 2.64 bits per heavy atom. The maximum absolute atomic E-state index is 13.3. The maximum Gasteiger partial charge on any atom is 0.126 e. The number of hydrogen-bond acceptors (Lipinski definition) is 2. The van der Waals surface area contributed by atoms with E-state index in [0.717, 1.165) is 5.56 Å². The van der Waals surface area contributed by atoms with Crippen molar-refractivity contribution in [2.75, 3.05) is 13.7 Å². The fourth-order valence-electron chi connectivity index (χ4n) is 1.56. The number of rotatable bonds is 3. The summed E-state index contributed by atoms with van der Waals surface area (Å²) < 4.78 is 18.4. The zero-order valence-electron chi connectivity index (χ0n) is 8.67. The molecule has 1 N–H and O–H groups in total. The van der Waals surface area contributed by atoms with Gasteiger partial charge in [0, 0.05) is 18.1 Å². The molecular weight excluding hydrogens is 183 g/mol. The standard InChI is InChI=1S/C11H15FO2/c1-7(6-13)11-8(2)9(12)4-5-10(11)14-3/h4-5,7,13H,6H2,1-3H3. The highest BCUT2D eigenvalue weighted by Crippen LogP contribution is 2.30. The van der Waals surface area contributed by atoms with Crippen LogP contribution in [0.4, 0.5) is 4.39 Å². The quantitative estimate of drug-likeness (QED) is 0.807. The molecule has 1 unspecified atom stereocenters. The Balaban J connectivity index is 3.27. The molecule has 14 heavy (non-hydrogen) atoms. The van der Waals surface area contributed by atoms with Gasteiger partial charge in [0.05, 0.1) is 7.11 Å². The third-order valence-corrected chi connectivity index (χ3v) is 2.40. The second-order valence-corrected chi connectivity index (χ2v) is 3.37. The Bertz CT molecular complexity index is 323. The van der Waals surface area contributed by atoms with Crippen molar-refractivity contribution in [1.29, 1.82) is 0 Å². The largest absolute Gasteiger partial charge is 0.496 e. The molecule has 1 aromatic carbocycles. The van der Waals surface area contributed by atoms with Gasteiger partial charge in [0.1, 0.15) is 11.6 Å². The Hall–Kier alpha value is -1.09. The fraction of sp³-hybridized carbons (Fsp3) is 0.455. The van der Waals surface area contributed by atoms with E-state index in [4.69, 9.17) is 9.84 Å². The lowest BCUT2D eigenvalue weighted by Gasteiger charge is -2.16. The number of aliphatic hydroxyl groups excluding tert-OH is 1. The Labute approximate surface area is 83.3 Å². The van der Waals surface area contributed by atoms with Crippen LogP contribution in [0, 0.1) is 12.7 Å². The number of benzene rings is 1. The molecule has 0 aliphatic rings. The minimum absolute atomic E-state index is 0.0132. The molecule has 1 aromatic rings. The van der Waals surface area contributed by atoms with E-state index >= 15 is 0 Å². The predicted molar refractivity (Wildman–Crippen MR) is 53.2 cm³/mol. The van der Waals surface area contributed by atoms with E-state index in [1.807, 2.05) is 6.92 Å². The van der Waals surface area contributed by atoms with Gasteiger partial charge in [-0.05, 0) is 24.6 Å². The number of methoxy groups -OCH3 is 1. The van der Waals surface area contributed by atoms with Gasteiger partial charge in [-0.1, -0.05) is 6.92 Å². The van der Waals surface area contributed by atoms with Crippen LogP contribution in [0.25, 0.3) is 0 Å². The minimum Gasteiger partial charge on any atom is -0.496 e. The van der Waals surface area contributed by atoms with E-state index in [-0.39, 0.29) is 18.3 Å². The minimum atomic E-state index is -0.263. The summed E-state index contributed by atoms with van der Waals surface area (Å²) in [5.41, 5.74) is 1.29. The SMILES string of the molecule is COc1ccc(F)c(C)c1C(C)CO. The van der Waals surface area contributed by atoms with Crippen molar-refractivity contribution < 1.29 is 14.2 Å². The van der Waals surface area contributed by atoms with Gasteiger partial charge in [0.15, 0.2) is 0 Å². The van der Waals surface area contributed by atoms with Crippen molar-refractivity contribution in [1.82, 2.24) is 0 Å². The first-order valence-corrected chi connectivity index (χ1v) is 4.55. The monoisotopic (exact) mass is 198 g/mol. The number of aliphatic hydroxyl groups is 1. The Kier molecular flexibility index (Phi) is 3.47. The lowest BCUT2D eigenvalue weighted by atomic mass is 9.95. The van der Waals surface area contributed by atoms with Crippen LogP contribution in [-0.4, -0.2) is 18.8 Å². The molecule has 1 atom stereocenters. The summed E-state index contributed by atoms with van der Waals surface area (Å²) in [6.07, 6.45) is 0. The molecule has 0 saturated heterocycles. The molecule has 0 heterocycles. The second-order valence-electron chi connectivity index (χ2n) is 3.37. The lowest BCUT2D eigenvalue weighted by molar-refractivity contribution is 0.269. The smallest absolute Gasteiger partial charge is 0.126 e. The van der Waals surface area contributed by atoms with Crippen LogP contribution in [0.5, 0.6) is 5.75 Å². The zero-order chi connectivity index (χ0) is 10.7. The van der Waals surface area contributed by atoms with E-state index in [1.54, 1.807) is 20.1 Å². The molecule has 2 nitrogen and oxygen atoms in total. The van der Waals surface area contributed by atoms with Crippen LogP contribution < -0.4 is 4.74 Å². The summed E-state index contributed by atoms with van der Waals surface area (Å²) >= 11 is 0. The van der Waals surface area contributed by atoms with Crippen LogP contribution in [0.15, 0.2) is 12.1 Å². The van der Waals surface area contributed by atoms with Gasteiger partial charge in [-0.3, -0.25) is 0 Å². The van der Waals surface area contributed by atoms with Crippen LogP contribution in [-0.2, 0) is 0 Å². The Morgan fingerprint density at radius 2 is 2.14 bits per heavy atom. The fourth-order valence-corrected chi connectivity index (χ4v) is 1.56. The van der Waals surface area contributed by atoms with Gasteiger partial charge < -0.3 is 9.84 Å². The normalized spacial score (nSPS) is 12.6. The summed E-state index contributed by atoms with van der Waals surface area (Å²) in [6, 6.07) is 2.96. The van der Waals surface area contributed by atoms with E-state index in [9.17, 15) is 4.39 Å². The van der Waals surface area contributed by atoms with Gasteiger partial charge in [0.25, 0.3) is 0 Å². The predicted octanol–water partition coefficient (Wildman–Crippen LogP) is 2.24. The molecule has 0 amide bonds. The molecular formula is C11H15FO2. The van der Waals surface area contributed by atoms with E-state index in [2.05, 4.69) is 0 Å². The van der Waals surface area contributed by atoms with Gasteiger partial charge in [-0.15, -0.1) is 0 Å². The van der Waals surface area contributed by atoms with E-state index in [0.29, 0.717) is 11.3 Å². The van der Waals surface area contributed by atoms with E-state index < -0.39 is 0 Å². The number of ether oxygens (including phenoxy) is 1. The van der Waals surface area contributed by atoms with Crippen molar-refractivity contribution in [3.8, 4) is 5.75 Å². The average molecular weight is 198 g/mol. The van der Waals surface area contributed by atoms with Gasteiger partial charge in [-0.25, -0.2) is 4.39 Å². The molecule has 78 valence electrons. The third kappa shape index (κ3) is 1.87. The van der Waals surface area contributed by atoms with Crippen molar-refractivity contribution in [3.05, 3.63) is 29.1 Å². The van der Waals surface area contributed by atoms with E-state index in [1.165, 1.54) is 6.07 Å². The highest BCUT2D eigenvalue weighted by atomic mass is 19.1. The van der Waals surface area contributed by atoms with Crippen LogP contribution in [0.3, 0.4) is 0 Å². The first-order valence-electron chi connectivity index (χ1n) is 4.55. The van der Waals surface area contributed by atoms with Crippen LogP contribution in [0.1, 0.15) is 24.0 Å². The van der Waals surface area contributed by atoms with Crippen LogP contribution in [0.2, 0.25) is 0 Å². The first kappa shape index (κ1) is 11.0. The highest BCUT2D eigenvalue weighted by molar-refractivity contribution is 5.42. The second kappa shape index (κ2) is 4.42. The van der Waals surface area contributed by atoms with Crippen molar-refractivity contribution in [2.24, 2.45) is 0 Å². The summed E-state index contributed by atoms with van der Waals surface area (Å²) in [5.74, 6) is 0.257. The van der Waals surface area contributed by atoms with Gasteiger partial charge in [-0.2, -0.15) is 0 Å². The summed E-state index contributed by atoms with van der Waals surface area (Å²) in [7, 11) is 1.54. The molecule has 1 rings (SSSR count). The summed E-state index contributed by atoms with van der Waals surface area (Å²) in [6.45, 7) is 3.52. The first-order chi connectivity index (χ1) is 6.61. The molecule has 0 aliphatic carbocycles. The average Bonchev–Trinajstić information content (AvgIpc) is 2.20. The zero-order valence-corrected chi connectivity index (χ0v) is 8.67. The lowest BCUT2D eigenvalue weighted by Crippen LogP contribution is -2.05. The Morgan fingerprint density at radius 1 is 1.50 bits per heavy atom. The molecule has 0 radical (unpaired) electrons. The molecule has 0 spiro atoms. The molecule has 0 saturated carbocycles. The topological polar surface area (TPSA) is 29.5 Å². The van der Waals surface area contributed by atoms with Gasteiger partial charge in [0.2, 0.25) is 0 Å². The van der Waals surface area contributed by atoms with Gasteiger partial charge >= 0.3 is 0 Å². The highest BCUT2D eigenvalue weighted by Gasteiger charge is 2.15. The number of halogens is 1. The molecule has 3 heteroatoms. The molecule has 0 fully saturated rings. The molecule has 0 aromatic heterocycles. The summed E-state index contributed by atoms with van der Waals surface area (Å²) in [4.78, 5) is 0. The maximum atomic E-state index is 13.3. The summed E-state index contributed by atoms with van der Waals surface area (Å²) in [5, 5.41) is 9.05.